The van der Waals surface area contributed by atoms with Crippen molar-refractivity contribution in [1.82, 2.24) is 9.80 Å². The van der Waals surface area contributed by atoms with Crippen LogP contribution < -0.4 is 4.74 Å². The van der Waals surface area contributed by atoms with Crippen LogP contribution in [-0.4, -0.2) is 59.7 Å². The molecule has 0 unspecified atom stereocenters. The van der Waals surface area contributed by atoms with Gasteiger partial charge in [0.1, 0.15) is 12.4 Å². The molecule has 1 aromatic carbocycles. The van der Waals surface area contributed by atoms with Gasteiger partial charge in [-0.2, -0.15) is 0 Å². The Morgan fingerprint density at radius 1 is 1.25 bits per heavy atom. The maximum Gasteiger partial charge on any atom is 0.237 e. The SMILES string of the molecule is CCCN(CC(=O)N1CCc2sccc2[C@H]1COc1ccc(C(C)C)cc1)C[C@H](O)CC. The molecule has 0 aliphatic carbocycles. The van der Waals surface area contributed by atoms with Crippen molar-refractivity contribution in [1.29, 1.82) is 0 Å². The van der Waals surface area contributed by atoms with Crippen molar-refractivity contribution < 1.29 is 14.6 Å². The van der Waals surface area contributed by atoms with Gasteiger partial charge < -0.3 is 14.7 Å². The van der Waals surface area contributed by atoms with E-state index in [2.05, 4.69) is 49.3 Å². The first kappa shape index (κ1) is 24.7. The second-order valence-corrected chi connectivity index (χ2v) is 9.98. The molecule has 2 atom stereocenters. The maximum absolute atomic E-state index is 13.4. The Morgan fingerprint density at radius 3 is 2.66 bits per heavy atom. The van der Waals surface area contributed by atoms with Crippen LogP contribution in [0, 0.1) is 0 Å². The summed E-state index contributed by atoms with van der Waals surface area (Å²) >= 11 is 1.77. The second kappa shape index (κ2) is 11.8. The number of thiophene rings is 1. The quantitative estimate of drug-likeness (QED) is 0.523. The van der Waals surface area contributed by atoms with Crippen molar-refractivity contribution in [3.8, 4) is 5.75 Å². The van der Waals surface area contributed by atoms with E-state index in [1.807, 2.05) is 24.0 Å². The number of rotatable bonds is 11. The minimum atomic E-state index is -0.396. The Kier molecular flexibility index (Phi) is 9.14. The fourth-order valence-corrected chi connectivity index (χ4v) is 5.19. The van der Waals surface area contributed by atoms with Crippen LogP contribution in [0.5, 0.6) is 5.75 Å². The van der Waals surface area contributed by atoms with Crippen LogP contribution in [0.25, 0.3) is 0 Å². The molecular formula is C26H38N2O3S. The molecule has 0 bridgehead atoms. The molecule has 2 heterocycles. The van der Waals surface area contributed by atoms with Gasteiger partial charge in [0, 0.05) is 18.0 Å². The van der Waals surface area contributed by atoms with Gasteiger partial charge in [-0.15, -0.1) is 11.3 Å². The molecule has 0 saturated carbocycles. The van der Waals surface area contributed by atoms with Gasteiger partial charge in [0.25, 0.3) is 0 Å². The first-order valence-electron chi connectivity index (χ1n) is 11.9. The lowest BCUT2D eigenvalue weighted by Crippen LogP contribution is -2.47. The lowest BCUT2D eigenvalue weighted by molar-refractivity contribution is -0.136. The molecule has 0 saturated heterocycles. The number of amides is 1. The molecule has 32 heavy (non-hydrogen) atoms. The monoisotopic (exact) mass is 458 g/mol. The van der Waals surface area contributed by atoms with Gasteiger partial charge >= 0.3 is 0 Å². The predicted octanol–water partition coefficient (Wildman–Crippen LogP) is 4.86. The highest BCUT2D eigenvalue weighted by molar-refractivity contribution is 7.10. The Morgan fingerprint density at radius 2 is 2.00 bits per heavy atom. The zero-order chi connectivity index (χ0) is 23.1. The van der Waals surface area contributed by atoms with Crippen LogP contribution in [0.2, 0.25) is 0 Å². The molecular weight excluding hydrogens is 420 g/mol. The van der Waals surface area contributed by atoms with Crippen LogP contribution >= 0.6 is 11.3 Å². The smallest absolute Gasteiger partial charge is 0.237 e. The molecule has 1 aromatic heterocycles. The topological polar surface area (TPSA) is 53.0 Å². The molecule has 3 rings (SSSR count). The third-order valence-electron chi connectivity index (χ3n) is 6.21. The maximum atomic E-state index is 13.4. The summed E-state index contributed by atoms with van der Waals surface area (Å²) in [6.07, 6.45) is 2.15. The van der Waals surface area contributed by atoms with Gasteiger partial charge in [0.15, 0.2) is 0 Å². The van der Waals surface area contributed by atoms with Gasteiger partial charge in [-0.3, -0.25) is 9.69 Å². The average molecular weight is 459 g/mol. The van der Waals surface area contributed by atoms with Crippen LogP contribution in [0.15, 0.2) is 35.7 Å². The summed E-state index contributed by atoms with van der Waals surface area (Å²) in [5.74, 6) is 1.44. The standard InChI is InChI=1S/C26H38N2O3S/c1-5-13-27(16-21(29)6-2)17-26(30)28-14-11-25-23(12-15-32-25)24(28)18-31-22-9-7-20(8-10-22)19(3)4/h7-10,12,15,19,21,24,29H,5-6,11,13-14,16-18H2,1-4H3/t21-,24-/m1/s1. The number of hydrogen-bond donors (Lipinski definition) is 1. The Hall–Kier alpha value is -1.89. The normalized spacial score (nSPS) is 17.0. The molecule has 5 nitrogen and oxygen atoms in total. The van der Waals surface area contributed by atoms with Crippen molar-refractivity contribution in [2.24, 2.45) is 0 Å². The molecule has 176 valence electrons. The van der Waals surface area contributed by atoms with E-state index in [4.69, 9.17) is 4.74 Å². The van der Waals surface area contributed by atoms with Crippen molar-refractivity contribution in [2.75, 3.05) is 32.8 Å². The number of benzene rings is 1. The van der Waals surface area contributed by atoms with Gasteiger partial charge in [-0.25, -0.2) is 0 Å². The second-order valence-electron chi connectivity index (χ2n) is 8.98. The minimum absolute atomic E-state index is 0.0816. The predicted molar refractivity (Wildman–Crippen MR) is 132 cm³/mol. The number of ether oxygens (including phenoxy) is 1. The summed E-state index contributed by atoms with van der Waals surface area (Å²) in [4.78, 5) is 18.8. The van der Waals surface area contributed by atoms with Gasteiger partial charge in [-0.05, 0) is 66.4 Å². The summed E-state index contributed by atoms with van der Waals surface area (Å²) in [6.45, 7) is 11.3. The van der Waals surface area contributed by atoms with Gasteiger partial charge in [0.05, 0.1) is 18.7 Å². The van der Waals surface area contributed by atoms with E-state index in [-0.39, 0.29) is 11.9 Å². The van der Waals surface area contributed by atoms with E-state index in [0.29, 0.717) is 38.6 Å². The molecule has 2 aromatic rings. The van der Waals surface area contributed by atoms with E-state index < -0.39 is 6.10 Å². The average Bonchev–Trinajstić information content (AvgIpc) is 3.26. The van der Waals surface area contributed by atoms with Crippen molar-refractivity contribution in [3.05, 3.63) is 51.7 Å². The highest BCUT2D eigenvalue weighted by Crippen LogP contribution is 2.34. The van der Waals surface area contributed by atoms with Crippen LogP contribution in [0.3, 0.4) is 0 Å². The number of carbonyl (C=O) groups excluding carboxylic acids is 1. The first-order valence-corrected chi connectivity index (χ1v) is 12.8. The number of carbonyl (C=O) groups is 1. The fraction of sp³-hybridized carbons (Fsp3) is 0.577. The summed E-state index contributed by atoms with van der Waals surface area (Å²) in [7, 11) is 0. The largest absolute Gasteiger partial charge is 0.491 e. The number of hydrogen-bond acceptors (Lipinski definition) is 5. The van der Waals surface area contributed by atoms with Crippen molar-refractivity contribution in [3.63, 3.8) is 0 Å². The summed E-state index contributed by atoms with van der Waals surface area (Å²) in [6, 6.07) is 10.3. The number of fused-ring (bicyclic) bond motifs is 1. The van der Waals surface area contributed by atoms with Crippen molar-refractivity contribution in [2.45, 2.75) is 65.0 Å². The van der Waals surface area contributed by atoms with Crippen LogP contribution in [0.1, 0.15) is 68.5 Å². The first-order chi connectivity index (χ1) is 15.4. The zero-order valence-corrected chi connectivity index (χ0v) is 20.7. The lowest BCUT2D eigenvalue weighted by Gasteiger charge is -2.37. The number of nitrogens with zero attached hydrogens (tertiary/aromatic N) is 2. The Balaban J connectivity index is 1.71. The lowest BCUT2D eigenvalue weighted by atomic mass is 10.00. The van der Waals surface area contributed by atoms with E-state index >= 15 is 0 Å². The van der Waals surface area contributed by atoms with Gasteiger partial charge in [-0.1, -0.05) is 39.8 Å². The number of aliphatic hydroxyl groups excluding tert-OH is 1. The Bertz CT molecular complexity index is 849. The van der Waals surface area contributed by atoms with E-state index in [0.717, 1.165) is 25.1 Å². The van der Waals surface area contributed by atoms with E-state index in [1.54, 1.807) is 11.3 Å². The molecule has 1 amide bonds. The molecule has 1 aliphatic rings. The molecule has 0 radical (unpaired) electrons. The summed E-state index contributed by atoms with van der Waals surface area (Å²) in [5, 5.41) is 12.2. The highest BCUT2D eigenvalue weighted by atomic mass is 32.1. The highest BCUT2D eigenvalue weighted by Gasteiger charge is 2.33. The summed E-state index contributed by atoms with van der Waals surface area (Å²) < 4.78 is 6.18. The van der Waals surface area contributed by atoms with Crippen LogP contribution in [0.4, 0.5) is 0 Å². The summed E-state index contributed by atoms with van der Waals surface area (Å²) in [5.41, 5.74) is 2.50. The third-order valence-corrected chi connectivity index (χ3v) is 7.21. The molecule has 1 N–H and O–H groups in total. The third kappa shape index (κ3) is 6.33. The van der Waals surface area contributed by atoms with Gasteiger partial charge in [0.2, 0.25) is 5.91 Å². The van der Waals surface area contributed by atoms with Crippen molar-refractivity contribution >= 4 is 17.2 Å². The van der Waals surface area contributed by atoms with E-state index in [1.165, 1.54) is 16.0 Å². The Labute approximate surface area is 197 Å². The van der Waals surface area contributed by atoms with E-state index in [9.17, 15) is 9.90 Å². The zero-order valence-electron chi connectivity index (χ0n) is 19.9. The molecule has 0 fully saturated rings. The molecule has 6 heteroatoms. The van der Waals surface area contributed by atoms with Crippen LogP contribution in [-0.2, 0) is 11.2 Å². The molecule has 1 aliphatic heterocycles. The minimum Gasteiger partial charge on any atom is -0.491 e. The fourth-order valence-electron chi connectivity index (χ4n) is 4.26. The number of aliphatic hydroxyl groups is 1. The molecule has 0 spiro atoms.